The molecule has 1 rings (SSSR count). The zero-order valence-corrected chi connectivity index (χ0v) is 6.85. The van der Waals surface area contributed by atoms with Crippen molar-refractivity contribution in [1.82, 2.24) is 10.1 Å². The maximum Gasteiger partial charge on any atom is 0.405 e. The lowest BCUT2D eigenvalue weighted by atomic mass is 10.5. The minimum absolute atomic E-state index is 0.200. The molecule has 0 saturated carbocycles. The number of hydrogen-bond acceptors (Lipinski definition) is 4. The first-order chi connectivity index (χ1) is 6.01. The number of aromatic nitrogens is 2. The van der Waals surface area contributed by atoms with Gasteiger partial charge in [0.05, 0.1) is 0 Å². The van der Waals surface area contributed by atoms with E-state index in [1.165, 1.54) is 0 Å². The fourth-order valence-corrected chi connectivity index (χ4v) is 0.645. The Labute approximate surface area is 72.1 Å². The van der Waals surface area contributed by atoms with Gasteiger partial charge in [-0.25, -0.2) is 0 Å². The van der Waals surface area contributed by atoms with Crippen molar-refractivity contribution in [2.45, 2.75) is 19.5 Å². The fourth-order valence-electron chi connectivity index (χ4n) is 0.645. The molecule has 0 fully saturated rings. The molecular formula is C6H8F3N3O. The summed E-state index contributed by atoms with van der Waals surface area (Å²) in [7, 11) is 0. The normalized spacial score (nSPS) is 11.7. The van der Waals surface area contributed by atoms with Gasteiger partial charge in [-0.1, -0.05) is 12.1 Å². The SMILES string of the molecule is CCc1noc(NCC(F)(F)F)n1. The summed E-state index contributed by atoms with van der Waals surface area (Å²) in [4.78, 5) is 3.64. The van der Waals surface area contributed by atoms with Gasteiger partial charge in [0, 0.05) is 6.42 Å². The van der Waals surface area contributed by atoms with Crippen LogP contribution in [0.1, 0.15) is 12.7 Å². The van der Waals surface area contributed by atoms with E-state index in [1.807, 2.05) is 5.32 Å². The predicted molar refractivity (Wildman–Crippen MR) is 38.2 cm³/mol. The number of hydrogen-bond donors (Lipinski definition) is 1. The van der Waals surface area contributed by atoms with E-state index in [9.17, 15) is 13.2 Å². The molecule has 13 heavy (non-hydrogen) atoms. The van der Waals surface area contributed by atoms with Gasteiger partial charge in [-0.15, -0.1) is 0 Å². The topological polar surface area (TPSA) is 51.0 Å². The molecule has 0 saturated heterocycles. The van der Waals surface area contributed by atoms with E-state index in [0.29, 0.717) is 12.2 Å². The van der Waals surface area contributed by atoms with Crippen LogP contribution in [0.3, 0.4) is 0 Å². The maximum atomic E-state index is 11.7. The van der Waals surface area contributed by atoms with Gasteiger partial charge >= 0.3 is 12.2 Å². The van der Waals surface area contributed by atoms with Crippen molar-refractivity contribution in [1.29, 1.82) is 0 Å². The predicted octanol–water partition coefficient (Wildman–Crippen LogP) is 1.61. The lowest BCUT2D eigenvalue weighted by Gasteiger charge is -2.04. The average molecular weight is 195 g/mol. The van der Waals surface area contributed by atoms with Crippen LogP contribution in [0, 0.1) is 0 Å². The number of rotatable bonds is 3. The third-order valence-electron chi connectivity index (χ3n) is 1.22. The third-order valence-corrected chi connectivity index (χ3v) is 1.22. The molecule has 0 aliphatic carbocycles. The molecule has 0 unspecified atom stereocenters. The minimum Gasteiger partial charge on any atom is -0.329 e. The van der Waals surface area contributed by atoms with Gasteiger partial charge in [0.25, 0.3) is 0 Å². The molecule has 0 atom stereocenters. The van der Waals surface area contributed by atoms with E-state index in [-0.39, 0.29) is 6.01 Å². The average Bonchev–Trinajstić information content (AvgIpc) is 2.47. The van der Waals surface area contributed by atoms with Gasteiger partial charge in [-0.05, 0) is 0 Å². The highest BCUT2D eigenvalue weighted by atomic mass is 19.4. The fraction of sp³-hybridized carbons (Fsp3) is 0.667. The zero-order valence-electron chi connectivity index (χ0n) is 6.85. The summed E-state index contributed by atoms with van der Waals surface area (Å²) < 4.78 is 39.5. The van der Waals surface area contributed by atoms with Crippen LogP contribution < -0.4 is 5.32 Å². The molecule has 0 amide bonds. The summed E-state index contributed by atoms with van der Waals surface area (Å²) >= 11 is 0. The number of halogens is 3. The van der Waals surface area contributed by atoms with Crippen LogP contribution in [-0.2, 0) is 6.42 Å². The second kappa shape index (κ2) is 3.63. The summed E-state index contributed by atoms with van der Waals surface area (Å²) in [6.07, 6.45) is -3.75. The zero-order chi connectivity index (χ0) is 9.90. The molecule has 0 aliphatic heterocycles. The minimum atomic E-state index is -4.28. The van der Waals surface area contributed by atoms with Gasteiger partial charge < -0.3 is 9.84 Å². The van der Waals surface area contributed by atoms with Gasteiger partial charge in [0.15, 0.2) is 5.82 Å². The van der Waals surface area contributed by atoms with Gasteiger partial charge in [-0.2, -0.15) is 18.2 Å². The Morgan fingerprint density at radius 1 is 1.46 bits per heavy atom. The Hall–Kier alpha value is -1.27. The van der Waals surface area contributed by atoms with Crippen molar-refractivity contribution in [2.24, 2.45) is 0 Å². The van der Waals surface area contributed by atoms with Crippen molar-refractivity contribution >= 4 is 6.01 Å². The van der Waals surface area contributed by atoms with Crippen LogP contribution in [0.2, 0.25) is 0 Å². The highest BCUT2D eigenvalue weighted by Gasteiger charge is 2.27. The number of nitrogens with zero attached hydrogens (tertiary/aromatic N) is 2. The summed E-state index contributed by atoms with van der Waals surface area (Å²) in [5.41, 5.74) is 0. The van der Waals surface area contributed by atoms with Crippen molar-refractivity contribution in [3.05, 3.63) is 5.82 Å². The molecule has 0 radical (unpaired) electrons. The number of aryl methyl sites for hydroxylation is 1. The van der Waals surface area contributed by atoms with E-state index in [4.69, 9.17) is 0 Å². The van der Waals surface area contributed by atoms with E-state index < -0.39 is 12.7 Å². The quantitative estimate of drug-likeness (QED) is 0.795. The number of alkyl halides is 3. The summed E-state index contributed by atoms with van der Waals surface area (Å²) in [6.45, 7) is 0.608. The van der Waals surface area contributed by atoms with Crippen molar-refractivity contribution in [3.63, 3.8) is 0 Å². The van der Waals surface area contributed by atoms with Crippen molar-refractivity contribution in [3.8, 4) is 0 Å². The molecule has 1 N–H and O–H groups in total. The van der Waals surface area contributed by atoms with E-state index in [2.05, 4.69) is 14.7 Å². The Morgan fingerprint density at radius 3 is 2.62 bits per heavy atom. The summed E-state index contributed by atoms with van der Waals surface area (Å²) in [5.74, 6) is 0.379. The standard InChI is InChI=1S/C6H8F3N3O/c1-2-4-11-5(13-12-4)10-3-6(7,8)9/h2-3H2,1H3,(H,10,11,12). The molecule has 4 nitrogen and oxygen atoms in total. The Kier molecular flexibility index (Phi) is 2.74. The number of nitrogens with one attached hydrogen (secondary N) is 1. The molecule has 1 aromatic heterocycles. The van der Waals surface area contributed by atoms with Crippen LogP contribution in [0.15, 0.2) is 4.52 Å². The first kappa shape index (κ1) is 9.82. The molecular weight excluding hydrogens is 187 g/mol. The Balaban J connectivity index is 2.46. The van der Waals surface area contributed by atoms with Crippen LogP contribution in [0.4, 0.5) is 19.2 Å². The maximum absolute atomic E-state index is 11.7. The molecule has 0 spiro atoms. The van der Waals surface area contributed by atoms with Crippen molar-refractivity contribution < 1.29 is 17.7 Å². The van der Waals surface area contributed by atoms with Crippen LogP contribution in [0.25, 0.3) is 0 Å². The second-order valence-corrected chi connectivity index (χ2v) is 2.34. The van der Waals surface area contributed by atoms with E-state index >= 15 is 0 Å². The highest BCUT2D eigenvalue weighted by molar-refractivity contribution is 5.18. The Morgan fingerprint density at radius 2 is 2.15 bits per heavy atom. The first-order valence-corrected chi connectivity index (χ1v) is 3.64. The Bertz CT molecular complexity index is 270. The van der Waals surface area contributed by atoms with Crippen molar-refractivity contribution in [2.75, 3.05) is 11.9 Å². The second-order valence-electron chi connectivity index (χ2n) is 2.34. The smallest absolute Gasteiger partial charge is 0.329 e. The summed E-state index contributed by atoms with van der Waals surface area (Å²) in [6, 6.07) is -0.200. The molecule has 1 heterocycles. The monoisotopic (exact) mass is 195 g/mol. The molecule has 0 aliphatic rings. The number of anilines is 1. The van der Waals surface area contributed by atoms with E-state index in [1.54, 1.807) is 6.92 Å². The molecule has 1 aromatic rings. The molecule has 0 aromatic carbocycles. The molecule has 0 bridgehead atoms. The van der Waals surface area contributed by atoms with Gasteiger partial charge in [-0.3, -0.25) is 0 Å². The lowest BCUT2D eigenvalue weighted by Crippen LogP contribution is -2.21. The van der Waals surface area contributed by atoms with Crippen LogP contribution in [0.5, 0.6) is 0 Å². The largest absolute Gasteiger partial charge is 0.405 e. The molecule has 74 valence electrons. The summed E-state index contributed by atoms with van der Waals surface area (Å²) in [5, 5.41) is 5.39. The third kappa shape index (κ3) is 3.30. The van der Waals surface area contributed by atoms with Crippen LogP contribution in [-0.4, -0.2) is 22.9 Å². The van der Waals surface area contributed by atoms with E-state index in [0.717, 1.165) is 0 Å². The first-order valence-electron chi connectivity index (χ1n) is 3.64. The molecule has 7 heteroatoms. The van der Waals surface area contributed by atoms with Crippen LogP contribution >= 0.6 is 0 Å². The van der Waals surface area contributed by atoms with Gasteiger partial charge in [0.2, 0.25) is 0 Å². The van der Waals surface area contributed by atoms with Gasteiger partial charge in [0.1, 0.15) is 6.54 Å². The highest BCUT2D eigenvalue weighted by Crippen LogP contribution is 2.15. The lowest BCUT2D eigenvalue weighted by molar-refractivity contribution is -0.115.